The lowest BCUT2D eigenvalue weighted by atomic mass is 9.90. The van der Waals surface area contributed by atoms with Gasteiger partial charge >= 0.3 is 12.0 Å². The number of hydrogen-bond donors (Lipinski definition) is 0. The van der Waals surface area contributed by atoms with Gasteiger partial charge in [0, 0.05) is 44.5 Å². The number of esters is 1. The molecule has 0 spiro atoms. The van der Waals surface area contributed by atoms with Crippen molar-refractivity contribution >= 4 is 11.8 Å². The highest BCUT2D eigenvalue weighted by Crippen LogP contribution is 2.34. The van der Waals surface area contributed by atoms with Gasteiger partial charge in [-0.2, -0.15) is 15.2 Å². The van der Waals surface area contributed by atoms with E-state index in [9.17, 15) is 10.1 Å². The standard InChI is InChI=1S/C30H40N6O3/c1-30(2,3)39-28(37)24-13-16-36(20-23(24)11-14-31)27-25-12-15-35(19-22-9-7-6-8-10-22)21-26(25)32-29(33-27)38-18-17-34(4)5/h6-10,20,24H,11-13,15-19,21H2,1-5H3. The molecule has 0 bridgehead atoms. The molecule has 1 aromatic carbocycles. The third-order valence-electron chi connectivity index (χ3n) is 6.79. The minimum atomic E-state index is -0.581. The van der Waals surface area contributed by atoms with E-state index in [0.717, 1.165) is 48.7 Å². The molecule has 0 N–H and O–H groups in total. The Bertz CT molecular complexity index is 1220. The number of carbonyl (C=O) groups excluding carboxylic acids is 1. The Morgan fingerprint density at radius 3 is 2.64 bits per heavy atom. The van der Waals surface area contributed by atoms with Gasteiger partial charge in [0.15, 0.2) is 0 Å². The molecule has 2 aromatic rings. The number of ether oxygens (including phenoxy) is 2. The molecule has 1 aromatic heterocycles. The van der Waals surface area contributed by atoms with Crippen LogP contribution in [-0.4, -0.2) is 71.7 Å². The van der Waals surface area contributed by atoms with Gasteiger partial charge in [0.1, 0.15) is 18.0 Å². The lowest BCUT2D eigenvalue weighted by Crippen LogP contribution is -2.37. The maximum Gasteiger partial charge on any atom is 0.318 e. The van der Waals surface area contributed by atoms with E-state index in [1.807, 2.05) is 47.1 Å². The molecule has 39 heavy (non-hydrogen) atoms. The highest BCUT2D eigenvalue weighted by molar-refractivity contribution is 5.77. The van der Waals surface area contributed by atoms with E-state index in [2.05, 4.69) is 45.0 Å². The molecule has 0 radical (unpaired) electrons. The Morgan fingerprint density at radius 2 is 1.95 bits per heavy atom. The fourth-order valence-corrected chi connectivity index (χ4v) is 4.92. The van der Waals surface area contributed by atoms with E-state index in [4.69, 9.17) is 19.4 Å². The van der Waals surface area contributed by atoms with E-state index in [1.165, 1.54) is 5.56 Å². The van der Waals surface area contributed by atoms with Crippen molar-refractivity contribution in [2.24, 2.45) is 5.92 Å². The van der Waals surface area contributed by atoms with Gasteiger partial charge in [-0.3, -0.25) is 9.69 Å². The van der Waals surface area contributed by atoms with E-state index in [0.29, 0.717) is 32.1 Å². The van der Waals surface area contributed by atoms with Crippen molar-refractivity contribution in [2.75, 3.05) is 45.2 Å². The topological polar surface area (TPSA) is 94.8 Å². The second kappa shape index (κ2) is 12.6. The first kappa shape index (κ1) is 28.5. The summed E-state index contributed by atoms with van der Waals surface area (Å²) in [6.07, 6.45) is 3.44. The van der Waals surface area contributed by atoms with Gasteiger partial charge in [-0.1, -0.05) is 30.3 Å². The zero-order chi connectivity index (χ0) is 28.0. The molecule has 9 nitrogen and oxygen atoms in total. The lowest BCUT2D eigenvalue weighted by molar-refractivity contribution is -0.158. The van der Waals surface area contributed by atoms with Gasteiger partial charge in [-0.05, 0) is 58.8 Å². The fraction of sp³-hybridized carbons (Fsp3) is 0.533. The second-order valence-electron chi connectivity index (χ2n) is 11.5. The van der Waals surface area contributed by atoms with Crippen molar-refractivity contribution in [1.82, 2.24) is 19.8 Å². The van der Waals surface area contributed by atoms with E-state index < -0.39 is 11.5 Å². The number of aromatic nitrogens is 2. The molecule has 4 rings (SSSR count). The molecular formula is C30H40N6O3. The minimum Gasteiger partial charge on any atom is -0.462 e. The Labute approximate surface area is 232 Å². The van der Waals surface area contributed by atoms with Crippen LogP contribution in [0.4, 0.5) is 5.82 Å². The number of nitrogens with zero attached hydrogens (tertiary/aromatic N) is 6. The maximum atomic E-state index is 12.9. The molecule has 1 unspecified atom stereocenters. The SMILES string of the molecule is CN(C)CCOc1nc2c(c(N3C=C(CC#N)C(C(=O)OC(C)(C)C)CC3)n1)CCN(Cc1ccccc1)C2. The molecule has 9 heteroatoms. The number of nitriles is 1. The predicted molar refractivity (Wildman–Crippen MR) is 150 cm³/mol. The van der Waals surface area contributed by atoms with Crippen molar-refractivity contribution in [3.8, 4) is 12.1 Å². The normalized spacial score (nSPS) is 17.8. The van der Waals surface area contributed by atoms with Crippen LogP contribution in [0.15, 0.2) is 42.1 Å². The highest BCUT2D eigenvalue weighted by Gasteiger charge is 2.33. The molecule has 0 amide bonds. The van der Waals surface area contributed by atoms with Gasteiger partial charge in [-0.15, -0.1) is 0 Å². The van der Waals surface area contributed by atoms with E-state index in [1.54, 1.807) is 0 Å². The average Bonchev–Trinajstić information content (AvgIpc) is 2.87. The number of rotatable bonds is 9. The average molecular weight is 533 g/mol. The molecule has 0 aliphatic carbocycles. The van der Waals surface area contributed by atoms with Gasteiger partial charge in [-0.25, -0.2) is 0 Å². The zero-order valence-corrected chi connectivity index (χ0v) is 23.8. The molecule has 0 saturated carbocycles. The van der Waals surface area contributed by atoms with Crippen LogP contribution in [0.1, 0.15) is 50.4 Å². The number of likely N-dealkylation sites (N-methyl/N-ethyl adjacent to an activating group) is 1. The van der Waals surface area contributed by atoms with Crippen LogP contribution in [0.2, 0.25) is 0 Å². The third-order valence-corrected chi connectivity index (χ3v) is 6.79. The smallest absolute Gasteiger partial charge is 0.318 e. The minimum absolute atomic E-state index is 0.157. The van der Waals surface area contributed by atoms with Crippen molar-refractivity contribution in [3.05, 3.63) is 58.9 Å². The lowest BCUT2D eigenvalue weighted by Gasteiger charge is -2.35. The van der Waals surface area contributed by atoms with Gasteiger partial charge in [0.2, 0.25) is 0 Å². The molecule has 208 valence electrons. The van der Waals surface area contributed by atoms with Crippen LogP contribution < -0.4 is 9.64 Å². The van der Waals surface area contributed by atoms with Crippen molar-refractivity contribution in [2.45, 2.75) is 58.7 Å². The quantitative estimate of drug-likeness (QED) is 0.445. The Hall–Kier alpha value is -3.48. The van der Waals surface area contributed by atoms with Crippen LogP contribution >= 0.6 is 0 Å². The van der Waals surface area contributed by atoms with Crippen molar-refractivity contribution < 1.29 is 14.3 Å². The largest absolute Gasteiger partial charge is 0.462 e. The number of benzene rings is 1. The second-order valence-corrected chi connectivity index (χ2v) is 11.5. The molecule has 0 fully saturated rings. The van der Waals surface area contributed by atoms with Crippen LogP contribution in [0.3, 0.4) is 0 Å². The number of carbonyl (C=O) groups is 1. The zero-order valence-electron chi connectivity index (χ0n) is 23.8. The monoisotopic (exact) mass is 532 g/mol. The fourth-order valence-electron chi connectivity index (χ4n) is 4.92. The molecule has 2 aliphatic heterocycles. The molecule has 2 aliphatic rings. The summed E-state index contributed by atoms with van der Waals surface area (Å²) in [5.41, 5.74) is 3.50. The van der Waals surface area contributed by atoms with Crippen LogP contribution in [0.5, 0.6) is 6.01 Å². The summed E-state index contributed by atoms with van der Waals surface area (Å²) in [5, 5.41) is 9.52. The Morgan fingerprint density at radius 1 is 1.18 bits per heavy atom. The van der Waals surface area contributed by atoms with Crippen LogP contribution in [-0.2, 0) is 29.0 Å². The highest BCUT2D eigenvalue weighted by atomic mass is 16.6. The molecule has 1 atom stereocenters. The van der Waals surface area contributed by atoms with Gasteiger partial charge < -0.3 is 19.3 Å². The Kier molecular flexibility index (Phi) is 9.20. The van der Waals surface area contributed by atoms with Crippen molar-refractivity contribution in [1.29, 1.82) is 5.26 Å². The van der Waals surface area contributed by atoms with Gasteiger partial charge in [0.05, 0.1) is 24.1 Å². The summed E-state index contributed by atoms with van der Waals surface area (Å²) >= 11 is 0. The van der Waals surface area contributed by atoms with Crippen LogP contribution in [0.25, 0.3) is 0 Å². The molecule has 3 heterocycles. The summed E-state index contributed by atoms with van der Waals surface area (Å²) in [5.74, 6) is 0.0879. The molecule has 0 saturated heterocycles. The first-order valence-electron chi connectivity index (χ1n) is 13.6. The third kappa shape index (κ3) is 7.78. The van der Waals surface area contributed by atoms with Crippen LogP contribution in [0, 0.1) is 17.2 Å². The summed E-state index contributed by atoms with van der Waals surface area (Å²) < 4.78 is 11.7. The summed E-state index contributed by atoms with van der Waals surface area (Å²) in [6, 6.07) is 13.0. The first-order chi connectivity index (χ1) is 18.6. The van der Waals surface area contributed by atoms with E-state index in [-0.39, 0.29) is 12.4 Å². The first-order valence-corrected chi connectivity index (χ1v) is 13.6. The number of anilines is 1. The predicted octanol–water partition coefficient (Wildman–Crippen LogP) is 3.94. The molecular weight excluding hydrogens is 492 g/mol. The summed E-state index contributed by atoms with van der Waals surface area (Å²) in [7, 11) is 4.00. The maximum absolute atomic E-state index is 12.9. The Balaban J connectivity index is 1.63. The number of hydrogen-bond acceptors (Lipinski definition) is 9. The summed E-state index contributed by atoms with van der Waals surface area (Å²) in [6.45, 7) is 9.85. The number of fused-ring (bicyclic) bond motifs is 1. The summed E-state index contributed by atoms with van der Waals surface area (Å²) in [4.78, 5) is 29.1. The van der Waals surface area contributed by atoms with Gasteiger partial charge in [0.25, 0.3) is 0 Å². The van der Waals surface area contributed by atoms with Crippen molar-refractivity contribution in [3.63, 3.8) is 0 Å². The van der Waals surface area contributed by atoms with E-state index >= 15 is 0 Å².